The number of aryl methyl sites for hydroxylation is 2. The fraction of sp³-hybridized carbons (Fsp3) is 0.455. The first-order chi connectivity index (χ1) is 7.09. The highest BCUT2D eigenvalue weighted by Crippen LogP contribution is 2.16. The van der Waals surface area contributed by atoms with Crippen LogP contribution in [0, 0.1) is 27.7 Å². The average molecular weight is 205 g/mol. The summed E-state index contributed by atoms with van der Waals surface area (Å²) in [5.74, 6) is 0. The van der Waals surface area contributed by atoms with Crippen LogP contribution >= 0.6 is 0 Å². The van der Waals surface area contributed by atoms with Crippen molar-refractivity contribution in [1.82, 2.24) is 14.9 Å². The van der Waals surface area contributed by atoms with Gasteiger partial charge in [-0.05, 0) is 38.8 Å². The van der Waals surface area contributed by atoms with Crippen molar-refractivity contribution in [3.63, 3.8) is 0 Å². The maximum Gasteiger partial charge on any atom is 0.127 e. The first-order valence-corrected chi connectivity index (χ1v) is 5.00. The van der Waals surface area contributed by atoms with Crippen LogP contribution in [0.15, 0.2) is 10.8 Å². The lowest BCUT2D eigenvalue weighted by Crippen LogP contribution is -2.02. The van der Waals surface area contributed by atoms with E-state index in [1.54, 1.807) is 0 Å². The molecule has 0 saturated carbocycles. The quantitative estimate of drug-likeness (QED) is 0.754. The molecule has 0 amide bonds. The molecule has 0 aliphatic carbocycles. The van der Waals surface area contributed by atoms with Gasteiger partial charge < -0.3 is 4.57 Å². The Labute approximate surface area is 88.9 Å². The van der Waals surface area contributed by atoms with E-state index in [0.29, 0.717) is 0 Å². The second-order valence-electron chi connectivity index (χ2n) is 3.95. The number of nitrogens with zero attached hydrogens (tertiary/aromatic N) is 3. The standard InChI is InChI=1S/C11H15N3O/c1-7-5-14(10(4)8(7)2)6-11-9(3)12-15-13-11/h5H,6H2,1-4H3. The Bertz CT molecular complexity index is 482. The van der Waals surface area contributed by atoms with Gasteiger partial charge >= 0.3 is 0 Å². The normalized spacial score (nSPS) is 10.9. The molecule has 0 radical (unpaired) electrons. The molecule has 0 fully saturated rings. The fourth-order valence-electron chi connectivity index (χ4n) is 1.65. The Morgan fingerprint density at radius 2 is 1.93 bits per heavy atom. The van der Waals surface area contributed by atoms with E-state index >= 15 is 0 Å². The van der Waals surface area contributed by atoms with E-state index in [-0.39, 0.29) is 0 Å². The van der Waals surface area contributed by atoms with Crippen LogP contribution in [-0.4, -0.2) is 14.9 Å². The first kappa shape index (κ1) is 9.96. The van der Waals surface area contributed by atoms with Gasteiger partial charge in [0, 0.05) is 11.9 Å². The summed E-state index contributed by atoms with van der Waals surface area (Å²) in [6.07, 6.45) is 2.14. The summed E-state index contributed by atoms with van der Waals surface area (Å²) in [6.45, 7) is 9.01. The van der Waals surface area contributed by atoms with Crippen LogP contribution in [0.3, 0.4) is 0 Å². The molecule has 2 heterocycles. The summed E-state index contributed by atoms with van der Waals surface area (Å²) in [7, 11) is 0. The molecule has 0 spiro atoms. The summed E-state index contributed by atoms with van der Waals surface area (Å²) >= 11 is 0. The van der Waals surface area contributed by atoms with Crippen LogP contribution in [0.25, 0.3) is 0 Å². The maximum absolute atomic E-state index is 4.68. The van der Waals surface area contributed by atoms with Gasteiger partial charge in [0.1, 0.15) is 11.4 Å². The molecule has 2 rings (SSSR count). The molecule has 0 N–H and O–H groups in total. The van der Waals surface area contributed by atoms with E-state index in [0.717, 1.165) is 17.9 Å². The largest absolute Gasteiger partial charge is 0.345 e. The first-order valence-electron chi connectivity index (χ1n) is 5.00. The van der Waals surface area contributed by atoms with Gasteiger partial charge in [0.15, 0.2) is 0 Å². The van der Waals surface area contributed by atoms with Crippen LogP contribution in [0.1, 0.15) is 28.2 Å². The summed E-state index contributed by atoms with van der Waals surface area (Å²) < 4.78 is 6.86. The van der Waals surface area contributed by atoms with Crippen molar-refractivity contribution in [2.75, 3.05) is 0 Å². The lowest BCUT2D eigenvalue weighted by Gasteiger charge is -2.03. The summed E-state index contributed by atoms with van der Waals surface area (Å²) in [6, 6.07) is 0. The fourth-order valence-corrected chi connectivity index (χ4v) is 1.65. The number of rotatable bonds is 2. The van der Waals surface area contributed by atoms with Crippen molar-refractivity contribution in [3.8, 4) is 0 Å². The number of hydrogen-bond donors (Lipinski definition) is 0. The minimum atomic E-state index is 0.732. The van der Waals surface area contributed by atoms with Crippen molar-refractivity contribution in [1.29, 1.82) is 0 Å². The molecule has 0 saturated heterocycles. The second-order valence-corrected chi connectivity index (χ2v) is 3.95. The topological polar surface area (TPSA) is 43.9 Å². The highest BCUT2D eigenvalue weighted by molar-refractivity contribution is 5.29. The van der Waals surface area contributed by atoms with Gasteiger partial charge in [0.05, 0.1) is 6.54 Å². The molecule has 2 aromatic rings. The highest BCUT2D eigenvalue weighted by atomic mass is 16.6. The zero-order valence-corrected chi connectivity index (χ0v) is 9.53. The molecule has 0 aliphatic heterocycles. The summed E-state index contributed by atoms with van der Waals surface area (Å²) in [5, 5.41) is 7.66. The predicted octanol–water partition coefficient (Wildman–Crippen LogP) is 2.15. The third-order valence-electron chi connectivity index (χ3n) is 2.98. The zero-order chi connectivity index (χ0) is 11.0. The smallest absolute Gasteiger partial charge is 0.127 e. The summed E-state index contributed by atoms with van der Waals surface area (Å²) in [5.41, 5.74) is 5.67. The Kier molecular flexibility index (Phi) is 2.34. The van der Waals surface area contributed by atoms with Gasteiger partial charge in [-0.2, -0.15) is 0 Å². The molecule has 4 heteroatoms. The Morgan fingerprint density at radius 1 is 1.20 bits per heavy atom. The molecule has 0 bridgehead atoms. The van der Waals surface area contributed by atoms with Crippen molar-refractivity contribution in [3.05, 3.63) is 34.4 Å². The van der Waals surface area contributed by atoms with Crippen LogP contribution in [0.4, 0.5) is 0 Å². The number of hydrogen-bond acceptors (Lipinski definition) is 3. The SMILES string of the molecule is Cc1cn(Cc2nonc2C)c(C)c1C. The van der Waals surface area contributed by atoms with Crippen molar-refractivity contribution >= 4 is 0 Å². The van der Waals surface area contributed by atoms with E-state index in [2.05, 4.69) is 46.5 Å². The van der Waals surface area contributed by atoms with Crippen LogP contribution in [-0.2, 0) is 6.54 Å². The van der Waals surface area contributed by atoms with Gasteiger partial charge in [0.2, 0.25) is 0 Å². The third kappa shape index (κ3) is 1.67. The molecule has 4 nitrogen and oxygen atoms in total. The van der Waals surface area contributed by atoms with Gasteiger partial charge in [-0.1, -0.05) is 10.3 Å². The second kappa shape index (κ2) is 3.53. The van der Waals surface area contributed by atoms with Gasteiger partial charge in [0.25, 0.3) is 0 Å². The van der Waals surface area contributed by atoms with E-state index in [1.807, 2.05) is 6.92 Å². The maximum atomic E-state index is 4.68. The van der Waals surface area contributed by atoms with E-state index < -0.39 is 0 Å². The van der Waals surface area contributed by atoms with Crippen molar-refractivity contribution in [2.24, 2.45) is 0 Å². The molecular weight excluding hydrogens is 190 g/mol. The Morgan fingerprint density at radius 3 is 2.40 bits per heavy atom. The Hall–Kier alpha value is -1.58. The van der Waals surface area contributed by atoms with Gasteiger partial charge in [-0.25, -0.2) is 4.63 Å². The lowest BCUT2D eigenvalue weighted by atomic mass is 10.2. The number of aromatic nitrogens is 3. The van der Waals surface area contributed by atoms with Crippen molar-refractivity contribution in [2.45, 2.75) is 34.2 Å². The molecule has 0 aliphatic rings. The lowest BCUT2D eigenvalue weighted by molar-refractivity contribution is 0.300. The molecule has 80 valence electrons. The van der Waals surface area contributed by atoms with E-state index in [4.69, 9.17) is 0 Å². The van der Waals surface area contributed by atoms with E-state index in [1.165, 1.54) is 16.8 Å². The van der Waals surface area contributed by atoms with Crippen LogP contribution < -0.4 is 0 Å². The molecule has 15 heavy (non-hydrogen) atoms. The molecule has 0 aromatic carbocycles. The molecule has 0 atom stereocenters. The molecule has 0 unspecified atom stereocenters. The summed E-state index contributed by atoms with van der Waals surface area (Å²) in [4.78, 5) is 0. The van der Waals surface area contributed by atoms with Gasteiger partial charge in [-0.15, -0.1) is 0 Å². The van der Waals surface area contributed by atoms with E-state index in [9.17, 15) is 0 Å². The van der Waals surface area contributed by atoms with Crippen LogP contribution in [0.2, 0.25) is 0 Å². The molecule has 2 aromatic heterocycles. The third-order valence-corrected chi connectivity index (χ3v) is 2.98. The average Bonchev–Trinajstić information content (AvgIpc) is 2.69. The van der Waals surface area contributed by atoms with Crippen molar-refractivity contribution < 1.29 is 4.63 Å². The minimum absolute atomic E-state index is 0.732. The monoisotopic (exact) mass is 205 g/mol. The van der Waals surface area contributed by atoms with Crippen LogP contribution in [0.5, 0.6) is 0 Å². The van der Waals surface area contributed by atoms with Gasteiger partial charge in [-0.3, -0.25) is 0 Å². The Balaban J connectivity index is 2.33. The highest BCUT2D eigenvalue weighted by Gasteiger charge is 2.09. The molecular formula is C11H15N3O. The zero-order valence-electron chi connectivity index (χ0n) is 9.53. The predicted molar refractivity (Wildman–Crippen MR) is 56.8 cm³/mol. The minimum Gasteiger partial charge on any atom is -0.345 e.